The van der Waals surface area contributed by atoms with Gasteiger partial charge >= 0.3 is 0 Å². The topological polar surface area (TPSA) is 170 Å². The molecule has 2 N–H and O–H groups in total. The molecule has 6 aliphatic rings. The predicted molar refractivity (Wildman–Crippen MR) is 217 cm³/mol. The Hall–Kier alpha value is -5.26. The Morgan fingerprint density at radius 2 is 1.66 bits per heavy atom. The summed E-state index contributed by atoms with van der Waals surface area (Å²) in [6.45, 7) is 5.09. The number of piperidine rings is 2. The Morgan fingerprint density at radius 3 is 2.37 bits per heavy atom. The van der Waals surface area contributed by atoms with E-state index in [0.29, 0.717) is 45.1 Å². The van der Waals surface area contributed by atoms with Gasteiger partial charge in [0.15, 0.2) is 0 Å². The van der Waals surface area contributed by atoms with Gasteiger partial charge in [-0.2, -0.15) is 10.4 Å². The number of imide groups is 2. The Balaban J connectivity index is 0.687. The van der Waals surface area contributed by atoms with Gasteiger partial charge in [-0.25, -0.2) is 0 Å². The lowest BCUT2D eigenvalue weighted by Crippen LogP contribution is -2.60. The first-order chi connectivity index (χ1) is 28.5. The summed E-state index contributed by atoms with van der Waals surface area (Å²) in [6, 6.07) is 13.8. The molecule has 0 radical (unpaired) electrons. The van der Waals surface area contributed by atoms with Crippen LogP contribution >= 0.6 is 11.6 Å². The van der Waals surface area contributed by atoms with Crippen LogP contribution in [0.2, 0.25) is 5.02 Å². The van der Waals surface area contributed by atoms with Gasteiger partial charge in [0, 0.05) is 55.5 Å². The molecule has 3 saturated heterocycles. The number of nitrogens with zero attached hydrogens (tertiary/aromatic N) is 6. The van der Waals surface area contributed by atoms with Crippen molar-refractivity contribution in [2.24, 2.45) is 11.3 Å². The number of nitriles is 1. The predicted octanol–water partition coefficient (Wildman–Crippen LogP) is 5.26. The van der Waals surface area contributed by atoms with Crippen molar-refractivity contribution < 1.29 is 28.7 Å². The minimum absolute atomic E-state index is 0.0409. The molecule has 5 heterocycles. The minimum Gasteiger partial charge on any atom is -0.490 e. The molecular weight excluding hydrogens is 772 g/mol. The average Bonchev–Trinajstić information content (AvgIpc) is 3.81. The zero-order valence-electron chi connectivity index (χ0n) is 33.0. The second kappa shape index (κ2) is 16.1. The summed E-state index contributed by atoms with van der Waals surface area (Å²) in [6.07, 6.45) is 12.2. The quantitative estimate of drug-likeness (QED) is 0.272. The number of carbonyl (C=O) groups is 5. The molecule has 1 spiro atoms. The number of rotatable bonds is 9. The molecule has 14 nitrogen and oxygen atoms in total. The summed E-state index contributed by atoms with van der Waals surface area (Å²) in [4.78, 5) is 69.6. The van der Waals surface area contributed by atoms with E-state index < -0.39 is 23.8 Å². The third kappa shape index (κ3) is 7.94. The number of aromatic nitrogens is 2. The lowest BCUT2D eigenvalue weighted by Gasteiger charge is -2.55. The lowest BCUT2D eigenvalue weighted by molar-refractivity contribution is -0.136. The van der Waals surface area contributed by atoms with Crippen LogP contribution in [0, 0.1) is 22.7 Å². The van der Waals surface area contributed by atoms with Gasteiger partial charge in [-0.3, -0.25) is 38.9 Å². The number of carbonyl (C=O) groups excluding carboxylic acids is 5. The highest BCUT2D eigenvalue weighted by Gasteiger charge is 2.47. The van der Waals surface area contributed by atoms with Gasteiger partial charge in [-0.15, -0.1) is 0 Å². The number of likely N-dealkylation sites (tertiary alicyclic amines) is 1. The number of anilines is 1. The molecule has 9 rings (SSSR count). The van der Waals surface area contributed by atoms with Gasteiger partial charge in [-0.05, 0) is 126 Å². The second-order valence-corrected chi connectivity index (χ2v) is 17.9. The molecule has 3 aromatic rings. The van der Waals surface area contributed by atoms with Crippen molar-refractivity contribution in [1.29, 1.82) is 5.26 Å². The summed E-state index contributed by atoms with van der Waals surface area (Å²) in [5.41, 5.74) is 2.70. The van der Waals surface area contributed by atoms with Crippen molar-refractivity contribution in [2.75, 3.05) is 37.6 Å². The molecular formula is C44H49ClN8O6. The fraction of sp³-hybridized carbons (Fsp3) is 0.523. The van der Waals surface area contributed by atoms with Crippen LogP contribution in [0.4, 0.5) is 5.69 Å². The highest BCUT2D eigenvalue weighted by molar-refractivity contribution is 6.31. The maximum atomic E-state index is 13.3. The maximum absolute atomic E-state index is 13.3. The smallest absolute Gasteiger partial charge is 0.271 e. The van der Waals surface area contributed by atoms with Crippen LogP contribution in [0.3, 0.4) is 0 Å². The van der Waals surface area contributed by atoms with Crippen LogP contribution in [0.5, 0.6) is 5.75 Å². The molecule has 59 heavy (non-hydrogen) atoms. The largest absolute Gasteiger partial charge is 0.490 e. The van der Waals surface area contributed by atoms with E-state index in [1.54, 1.807) is 30.3 Å². The summed E-state index contributed by atoms with van der Waals surface area (Å²) in [5, 5.41) is 19.6. The Bertz CT molecular complexity index is 2200. The number of benzene rings is 2. The standard InChI is InChI=1S/C44H49ClN8O6/c45-36-22-33(9-3-28(36)23-46)59-32-10-4-29(5-11-32)47-40(55)37-15-18-52(49-37)30-6-1-27(2-7-30)24-50-19-16-44(17-20-50)25-51(26-44)31-8-12-34-35(21-31)43(58)53(42(34)57)38-13-14-39(54)48-41(38)56/h3,8-9,12,15,18,21-22,27,29-30,32,38H,1-2,4-7,10-11,13-14,16-17,19-20,24-26H2,(H,47,55)(H,48,54,56)/t27-,29-,30-,32-,38?. The molecule has 2 saturated carbocycles. The fourth-order valence-electron chi connectivity index (χ4n) is 10.2. The van der Waals surface area contributed by atoms with Gasteiger partial charge in [-0.1, -0.05) is 11.6 Å². The van der Waals surface area contributed by atoms with E-state index in [4.69, 9.17) is 26.7 Å². The number of fused-ring (bicyclic) bond motifs is 1. The van der Waals surface area contributed by atoms with Crippen LogP contribution < -0.4 is 20.3 Å². The highest BCUT2D eigenvalue weighted by Crippen LogP contribution is 2.44. The fourth-order valence-corrected chi connectivity index (χ4v) is 10.4. The molecule has 2 aromatic carbocycles. The number of halogens is 1. The molecule has 2 aliphatic carbocycles. The average molecular weight is 821 g/mol. The first-order valence-corrected chi connectivity index (χ1v) is 21.5. The van der Waals surface area contributed by atoms with Gasteiger partial charge in [0.2, 0.25) is 11.8 Å². The van der Waals surface area contributed by atoms with E-state index >= 15 is 0 Å². The van der Waals surface area contributed by atoms with Crippen LogP contribution in [0.15, 0.2) is 48.7 Å². The number of hydrogen-bond donors (Lipinski definition) is 2. The van der Waals surface area contributed by atoms with Crippen molar-refractivity contribution in [3.8, 4) is 11.8 Å². The molecule has 1 unspecified atom stereocenters. The van der Waals surface area contributed by atoms with E-state index in [1.165, 1.54) is 0 Å². The first-order valence-electron chi connectivity index (χ1n) is 21.1. The van der Waals surface area contributed by atoms with Crippen molar-refractivity contribution in [1.82, 2.24) is 30.2 Å². The van der Waals surface area contributed by atoms with Gasteiger partial charge < -0.3 is 19.9 Å². The van der Waals surface area contributed by atoms with E-state index in [1.807, 2.05) is 23.0 Å². The third-order valence-electron chi connectivity index (χ3n) is 13.7. The molecule has 5 fully saturated rings. The number of ether oxygens (including phenoxy) is 1. The Morgan fingerprint density at radius 1 is 0.915 bits per heavy atom. The summed E-state index contributed by atoms with van der Waals surface area (Å²) in [5.74, 6) is -0.757. The van der Waals surface area contributed by atoms with E-state index in [2.05, 4.69) is 26.5 Å². The summed E-state index contributed by atoms with van der Waals surface area (Å²) >= 11 is 6.16. The van der Waals surface area contributed by atoms with Crippen molar-refractivity contribution in [2.45, 2.75) is 101 Å². The lowest BCUT2D eigenvalue weighted by atomic mass is 9.71. The Kier molecular flexibility index (Phi) is 10.7. The summed E-state index contributed by atoms with van der Waals surface area (Å²) < 4.78 is 8.10. The van der Waals surface area contributed by atoms with Crippen molar-refractivity contribution >= 4 is 46.8 Å². The molecule has 5 amide bonds. The monoisotopic (exact) mass is 820 g/mol. The second-order valence-electron chi connectivity index (χ2n) is 17.5. The number of nitrogens with one attached hydrogen (secondary N) is 2. The highest BCUT2D eigenvalue weighted by atomic mass is 35.5. The molecule has 4 aliphatic heterocycles. The van der Waals surface area contributed by atoms with Crippen LogP contribution in [0.1, 0.15) is 120 Å². The third-order valence-corrected chi connectivity index (χ3v) is 14.0. The molecule has 308 valence electrons. The molecule has 0 bridgehead atoms. The van der Waals surface area contributed by atoms with Gasteiger partial charge in [0.05, 0.1) is 33.9 Å². The normalized spacial score (nSPS) is 26.9. The zero-order chi connectivity index (χ0) is 40.8. The minimum atomic E-state index is -0.963. The zero-order valence-corrected chi connectivity index (χ0v) is 33.8. The van der Waals surface area contributed by atoms with Crippen molar-refractivity contribution in [3.05, 3.63) is 76.1 Å². The van der Waals surface area contributed by atoms with Crippen LogP contribution in [0.25, 0.3) is 0 Å². The first kappa shape index (κ1) is 39.2. The SMILES string of the molecule is N#Cc1ccc(O[C@H]2CC[C@H](NC(=O)c3ccn([C@H]4CC[C@H](CN5CCC6(CC5)CN(c5ccc7c(c5)C(=O)N(C5CCC(=O)NC5=O)C7=O)C6)CC4)n3)CC2)cc1Cl. The van der Waals surface area contributed by atoms with Crippen LogP contribution in [-0.4, -0.2) is 100 Å². The molecule has 15 heteroatoms. The van der Waals surface area contributed by atoms with Crippen LogP contribution in [-0.2, 0) is 9.59 Å². The number of amides is 5. The van der Waals surface area contributed by atoms with Gasteiger partial charge in [0.25, 0.3) is 17.7 Å². The van der Waals surface area contributed by atoms with Crippen molar-refractivity contribution in [3.63, 3.8) is 0 Å². The maximum Gasteiger partial charge on any atom is 0.271 e. The van der Waals surface area contributed by atoms with E-state index in [-0.39, 0.29) is 42.2 Å². The Labute approximate surface area is 348 Å². The molecule has 1 atom stereocenters. The molecule has 1 aromatic heterocycles. The number of hydrogen-bond acceptors (Lipinski definition) is 10. The van der Waals surface area contributed by atoms with E-state index in [9.17, 15) is 24.0 Å². The van der Waals surface area contributed by atoms with E-state index in [0.717, 1.165) is 108 Å². The van der Waals surface area contributed by atoms with Gasteiger partial charge in [0.1, 0.15) is 23.6 Å². The summed E-state index contributed by atoms with van der Waals surface area (Å²) in [7, 11) is 0.